The van der Waals surface area contributed by atoms with E-state index in [1.165, 1.54) is 16.4 Å². The van der Waals surface area contributed by atoms with E-state index in [-0.39, 0.29) is 22.9 Å². The van der Waals surface area contributed by atoms with Crippen molar-refractivity contribution in [3.05, 3.63) is 47.5 Å². The molecule has 10 heteroatoms. The van der Waals surface area contributed by atoms with E-state index in [4.69, 9.17) is 9.47 Å². The van der Waals surface area contributed by atoms with Crippen LogP contribution in [-0.4, -0.2) is 54.5 Å². The van der Waals surface area contributed by atoms with Crippen molar-refractivity contribution in [1.82, 2.24) is 9.03 Å². The Balaban J connectivity index is 1.56. The van der Waals surface area contributed by atoms with Gasteiger partial charge in [-0.2, -0.15) is 4.31 Å². The first-order chi connectivity index (χ1) is 15.1. The molecule has 1 saturated heterocycles. The molecule has 0 atom stereocenters. The fourth-order valence-corrected chi connectivity index (χ4v) is 6.50. The van der Waals surface area contributed by atoms with E-state index in [1.807, 2.05) is 0 Å². The van der Waals surface area contributed by atoms with Crippen LogP contribution in [0.25, 0.3) is 0 Å². The molecule has 0 spiro atoms. The van der Waals surface area contributed by atoms with Crippen molar-refractivity contribution in [2.45, 2.75) is 42.9 Å². The van der Waals surface area contributed by atoms with Crippen LogP contribution in [0.5, 0.6) is 11.5 Å². The van der Waals surface area contributed by atoms with Gasteiger partial charge in [0.15, 0.2) is 0 Å². The molecular weight excluding hydrogens is 452 g/mol. The van der Waals surface area contributed by atoms with Gasteiger partial charge in [-0.05, 0) is 74.2 Å². The molecule has 176 valence electrons. The van der Waals surface area contributed by atoms with Gasteiger partial charge >= 0.3 is 0 Å². The van der Waals surface area contributed by atoms with E-state index in [1.54, 1.807) is 45.2 Å². The third-order valence-corrected chi connectivity index (χ3v) is 8.94. The number of ether oxygens (including phenoxy) is 2. The molecular formula is C22H30N2O6S2. The van der Waals surface area contributed by atoms with Gasteiger partial charge in [0.2, 0.25) is 20.0 Å². The summed E-state index contributed by atoms with van der Waals surface area (Å²) in [5, 5.41) is 0. The van der Waals surface area contributed by atoms with Crippen LogP contribution in [0.2, 0.25) is 0 Å². The number of aryl methyl sites for hydroxylation is 2. The maximum atomic E-state index is 12.7. The third-order valence-electron chi connectivity index (χ3n) is 5.42. The average Bonchev–Trinajstić information content (AvgIpc) is 2.79. The number of rotatable bonds is 9. The van der Waals surface area contributed by atoms with Crippen LogP contribution >= 0.6 is 0 Å². The number of hydrogen-bond donors (Lipinski definition) is 1. The van der Waals surface area contributed by atoms with Gasteiger partial charge in [0.1, 0.15) is 18.1 Å². The van der Waals surface area contributed by atoms with E-state index in [2.05, 4.69) is 4.72 Å². The zero-order chi connectivity index (χ0) is 23.4. The van der Waals surface area contributed by atoms with Crippen LogP contribution in [-0.2, 0) is 20.0 Å². The first-order valence-electron chi connectivity index (χ1n) is 10.5. The highest BCUT2D eigenvalue weighted by Crippen LogP contribution is 2.26. The Kier molecular flexibility index (Phi) is 7.81. The van der Waals surface area contributed by atoms with Gasteiger partial charge in [-0.15, -0.1) is 0 Å². The summed E-state index contributed by atoms with van der Waals surface area (Å²) in [5.74, 6) is 1.11. The zero-order valence-electron chi connectivity index (χ0n) is 18.6. The molecule has 1 N–H and O–H groups in total. The molecule has 2 aromatic rings. The van der Waals surface area contributed by atoms with E-state index in [0.29, 0.717) is 30.2 Å². The second-order valence-corrected chi connectivity index (χ2v) is 11.4. The van der Waals surface area contributed by atoms with E-state index in [9.17, 15) is 16.8 Å². The fraction of sp³-hybridized carbons (Fsp3) is 0.455. The lowest BCUT2D eigenvalue weighted by molar-refractivity contribution is 0.322. The highest BCUT2D eigenvalue weighted by atomic mass is 32.2. The number of sulfonamides is 2. The molecule has 0 amide bonds. The number of nitrogens with one attached hydrogen (secondary N) is 1. The van der Waals surface area contributed by atoms with Crippen molar-refractivity contribution < 1.29 is 26.3 Å². The second kappa shape index (κ2) is 10.2. The zero-order valence-corrected chi connectivity index (χ0v) is 20.3. The molecule has 1 heterocycles. The SMILES string of the molecule is COc1cc(C)c(S(=O)(=O)NCCOc2ccc(S(=O)(=O)N3CCCCC3)cc2)cc1C. The molecule has 3 rings (SSSR count). The van der Waals surface area contributed by atoms with Gasteiger partial charge in [0.05, 0.1) is 16.9 Å². The summed E-state index contributed by atoms with van der Waals surface area (Å²) in [5.41, 5.74) is 1.32. The summed E-state index contributed by atoms with van der Waals surface area (Å²) in [6.45, 7) is 4.77. The minimum atomic E-state index is -3.70. The van der Waals surface area contributed by atoms with Gasteiger partial charge in [0, 0.05) is 19.6 Å². The lowest BCUT2D eigenvalue weighted by Crippen LogP contribution is -2.35. The van der Waals surface area contributed by atoms with Crippen molar-refractivity contribution in [3.8, 4) is 11.5 Å². The smallest absolute Gasteiger partial charge is 0.243 e. The van der Waals surface area contributed by atoms with Gasteiger partial charge < -0.3 is 9.47 Å². The number of hydrogen-bond acceptors (Lipinski definition) is 6. The molecule has 8 nitrogen and oxygen atoms in total. The van der Waals surface area contributed by atoms with Crippen LogP contribution in [0.1, 0.15) is 30.4 Å². The van der Waals surface area contributed by atoms with Crippen LogP contribution in [0.3, 0.4) is 0 Å². The van der Waals surface area contributed by atoms with Crippen LogP contribution in [0.15, 0.2) is 46.2 Å². The van der Waals surface area contributed by atoms with Crippen molar-refractivity contribution in [2.75, 3.05) is 33.4 Å². The number of methoxy groups -OCH3 is 1. The van der Waals surface area contributed by atoms with Crippen molar-refractivity contribution in [3.63, 3.8) is 0 Å². The molecule has 0 bridgehead atoms. The van der Waals surface area contributed by atoms with Crippen molar-refractivity contribution in [1.29, 1.82) is 0 Å². The summed E-state index contributed by atoms with van der Waals surface area (Å²) in [7, 11) is -5.65. The third kappa shape index (κ3) is 5.61. The highest BCUT2D eigenvalue weighted by Gasteiger charge is 2.25. The Morgan fingerprint density at radius 1 is 0.938 bits per heavy atom. The van der Waals surface area contributed by atoms with E-state index < -0.39 is 20.0 Å². The summed E-state index contributed by atoms with van der Waals surface area (Å²) < 4.78 is 65.5. The minimum absolute atomic E-state index is 0.0701. The molecule has 0 radical (unpaired) electrons. The molecule has 0 saturated carbocycles. The lowest BCUT2D eigenvalue weighted by Gasteiger charge is -2.25. The topological polar surface area (TPSA) is 102 Å². The number of piperidine rings is 1. The molecule has 1 aliphatic heterocycles. The van der Waals surface area contributed by atoms with E-state index >= 15 is 0 Å². The summed E-state index contributed by atoms with van der Waals surface area (Å²) in [6.07, 6.45) is 2.82. The Morgan fingerprint density at radius 3 is 2.22 bits per heavy atom. The van der Waals surface area contributed by atoms with Crippen LogP contribution < -0.4 is 14.2 Å². The summed E-state index contributed by atoms with van der Waals surface area (Å²) in [4.78, 5) is 0.431. The molecule has 0 aliphatic carbocycles. The number of nitrogens with zero attached hydrogens (tertiary/aromatic N) is 1. The lowest BCUT2D eigenvalue weighted by atomic mass is 10.1. The quantitative estimate of drug-likeness (QED) is 0.552. The maximum Gasteiger partial charge on any atom is 0.243 e. The maximum absolute atomic E-state index is 12.7. The highest BCUT2D eigenvalue weighted by molar-refractivity contribution is 7.89. The minimum Gasteiger partial charge on any atom is -0.496 e. The van der Waals surface area contributed by atoms with Gasteiger partial charge in [-0.3, -0.25) is 0 Å². The monoisotopic (exact) mass is 482 g/mol. The molecule has 0 aromatic heterocycles. The molecule has 2 aromatic carbocycles. The molecule has 1 aliphatic rings. The van der Waals surface area contributed by atoms with Gasteiger partial charge in [-0.1, -0.05) is 6.42 Å². The van der Waals surface area contributed by atoms with Crippen LogP contribution in [0.4, 0.5) is 0 Å². The predicted octanol–water partition coefficient (Wildman–Crippen LogP) is 2.84. The Hall–Kier alpha value is -2.14. The Labute approximate surface area is 190 Å². The van der Waals surface area contributed by atoms with Gasteiger partial charge in [0.25, 0.3) is 0 Å². The van der Waals surface area contributed by atoms with E-state index in [0.717, 1.165) is 24.8 Å². The first kappa shape index (κ1) is 24.5. The van der Waals surface area contributed by atoms with Crippen molar-refractivity contribution >= 4 is 20.0 Å². The summed E-state index contributed by atoms with van der Waals surface area (Å²) in [6, 6.07) is 9.49. The second-order valence-electron chi connectivity index (χ2n) is 7.77. The molecule has 0 unspecified atom stereocenters. The summed E-state index contributed by atoms with van der Waals surface area (Å²) >= 11 is 0. The first-order valence-corrected chi connectivity index (χ1v) is 13.5. The Morgan fingerprint density at radius 2 is 1.59 bits per heavy atom. The molecule has 32 heavy (non-hydrogen) atoms. The normalized spacial score (nSPS) is 15.5. The largest absolute Gasteiger partial charge is 0.496 e. The Bertz CT molecular complexity index is 1140. The van der Waals surface area contributed by atoms with Crippen LogP contribution in [0, 0.1) is 13.8 Å². The van der Waals surface area contributed by atoms with Crippen molar-refractivity contribution in [2.24, 2.45) is 0 Å². The molecule has 1 fully saturated rings. The standard InChI is InChI=1S/C22H30N2O6S2/c1-17-16-22(18(2)15-21(17)29-3)31(25,26)23-11-14-30-19-7-9-20(10-8-19)32(27,28)24-12-5-4-6-13-24/h7-10,15-16,23H,4-6,11-14H2,1-3H3. The average molecular weight is 483 g/mol. The fourth-order valence-electron chi connectivity index (χ4n) is 3.66. The number of benzene rings is 2. The predicted molar refractivity (Wildman–Crippen MR) is 122 cm³/mol. The van der Waals surface area contributed by atoms with Gasteiger partial charge in [-0.25, -0.2) is 21.6 Å².